The van der Waals surface area contributed by atoms with Crippen LogP contribution in [0.15, 0.2) is 83.8 Å². The van der Waals surface area contributed by atoms with E-state index < -0.39 is 33.4 Å². The lowest BCUT2D eigenvalue weighted by atomic mass is 9.95. The van der Waals surface area contributed by atoms with Crippen LogP contribution in [0.5, 0.6) is 0 Å². The number of amides is 2. The largest absolute Gasteiger partial charge is 0.352 e. The first-order chi connectivity index (χ1) is 20.1. The zero-order valence-corrected chi connectivity index (χ0v) is 24.6. The average molecular weight is 593 g/mol. The van der Waals surface area contributed by atoms with Gasteiger partial charge in [0.15, 0.2) is 0 Å². The van der Waals surface area contributed by atoms with Crippen LogP contribution < -0.4 is 9.62 Å². The molecule has 0 unspecified atom stereocenters. The lowest BCUT2D eigenvalue weighted by molar-refractivity contribution is -0.384. The van der Waals surface area contributed by atoms with Crippen LogP contribution in [-0.4, -0.2) is 48.7 Å². The minimum Gasteiger partial charge on any atom is -0.352 e. The standard InChI is InChI=1S/C31H36N4O6S/c1-23-12-9-10-13-25(23)21-33(24(2)31(37)32-26-14-5-3-6-15-26)30(36)22-34(27-16-11-17-28(20-27)35(38)39)42(40,41)29-18-7-4-8-19-29/h4,7-13,16-20,24,26H,3,5-6,14-15,21-22H2,1-2H3,(H,32,37)/t24-/m1/s1. The molecule has 4 rings (SSSR count). The highest BCUT2D eigenvalue weighted by atomic mass is 32.2. The van der Waals surface area contributed by atoms with E-state index in [0.29, 0.717) is 0 Å². The van der Waals surface area contributed by atoms with Gasteiger partial charge < -0.3 is 10.2 Å². The van der Waals surface area contributed by atoms with Gasteiger partial charge in [0.2, 0.25) is 11.8 Å². The summed E-state index contributed by atoms with van der Waals surface area (Å²) in [5.74, 6) is -0.924. The lowest BCUT2D eigenvalue weighted by Crippen LogP contribution is -2.53. The molecule has 3 aromatic rings. The van der Waals surface area contributed by atoms with Gasteiger partial charge in [-0.25, -0.2) is 8.42 Å². The van der Waals surface area contributed by atoms with Crippen molar-refractivity contribution >= 4 is 33.2 Å². The number of nitro benzene ring substituents is 1. The average Bonchev–Trinajstić information content (AvgIpc) is 3.00. The quantitative estimate of drug-likeness (QED) is 0.247. The number of carbonyl (C=O) groups excluding carboxylic acids is 2. The molecule has 1 atom stereocenters. The molecule has 0 aliphatic heterocycles. The van der Waals surface area contributed by atoms with E-state index in [1.807, 2.05) is 31.2 Å². The molecule has 3 aromatic carbocycles. The van der Waals surface area contributed by atoms with Gasteiger partial charge in [-0.3, -0.25) is 24.0 Å². The lowest BCUT2D eigenvalue weighted by Gasteiger charge is -2.33. The molecular weight excluding hydrogens is 556 g/mol. The fraction of sp³-hybridized carbons (Fsp3) is 0.355. The number of hydrogen-bond acceptors (Lipinski definition) is 6. The van der Waals surface area contributed by atoms with Gasteiger partial charge in [0.05, 0.1) is 15.5 Å². The number of carbonyl (C=O) groups is 2. The van der Waals surface area contributed by atoms with Gasteiger partial charge >= 0.3 is 0 Å². The number of non-ortho nitro benzene ring substituents is 1. The minimum absolute atomic E-state index is 0.0310. The van der Waals surface area contributed by atoms with Gasteiger partial charge in [0.1, 0.15) is 12.6 Å². The van der Waals surface area contributed by atoms with E-state index in [9.17, 15) is 28.1 Å². The first-order valence-corrected chi connectivity index (χ1v) is 15.5. The Morgan fingerprint density at radius 1 is 0.976 bits per heavy atom. The zero-order valence-electron chi connectivity index (χ0n) is 23.8. The summed E-state index contributed by atoms with van der Waals surface area (Å²) in [6.07, 6.45) is 4.94. The summed E-state index contributed by atoms with van der Waals surface area (Å²) in [7, 11) is -4.31. The molecule has 0 spiro atoms. The molecule has 0 heterocycles. The van der Waals surface area contributed by atoms with E-state index in [2.05, 4.69) is 5.32 Å². The SMILES string of the molecule is Cc1ccccc1CN(C(=O)CN(c1cccc([N+](=O)[O-])c1)S(=O)(=O)c1ccccc1)[C@H](C)C(=O)NC1CCCCC1. The van der Waals surface area contributed by atoms with Crippen molar-refractivity contribution in [1.29, 1.82) is 0 Å². The zero-order chi connectivity index (χ0) is 30.3. The molecule has 11 heteroatoms. The van der Waals surface area contributed by atoms with Crippen molar-refractivity contribution in [3.8, 4) is 0 Å². The molecule has 42 heavy (non-hydrogen) atoms. The van der Waals surface area contributed by atoms with Crippen LogP contribution in [0.2, 0.25) is 0 Å². The fourth-order valence-corrected chi connectivity index (χ4v) is 6.56. The van der Waals surface area contributed by atoms with Crippen LogP contribution in [0.1, 0.15) is 50.2 Å². The number of sulfonamides is 1. The fourth-order valence-electron chi connectivity index (χ4n) is 5.13. The predicted molar refractivity (Wildman–Crippen MR) is 160 cm³/mol. The van der Waals surface area contributed by atoms with Crippen molar-refractivity contribution in [2.24, 2.45) is 0 Å². The molecule has 1 aliphatic rings. The molecule has 0 aromatic heterocycles. The summed E-state index contributed by atoms with van der Waals surface area (Å²) < 4.78 is 28.6. The van der Waals surface area contributed by atoms with Crippen molar-refractivity contribution in [2.75, 3.05) is 10.8 Å². The highest BCUT2D eigenvalue weighted by molar-refractivity contribution is 7.92. The van der Waals surface area contributed by atoms with Crippen molar-refractivity contribution in [2.45, 2.75) is 69.5 Å². The van der Waals surface area contributed by atoms with Crippen molar-refractivity contribution in [3.05, 3.63) is 100 Å². The maximum Gasteiger partial charge on any atom is 0.271 e. The molecule has 0 saturated heterocycles. The summed E-state index contributed by atoms with van der Waals surface area (Å²) in [5, 5.41) is 14.6. The van der Waals surface area contributed by atoms with Crippen LogP contribution in [-0.2, 0) is 26.2 Å². The van der Waals surface area contributed by atoms with Crippen molar-refractivity contribution in [3.63, 3.8) is 0 Å². The second-order valence-electron chi connectivity index (χ2n) is 10.6. The van der Waals surface area contributed by atoms with Gasteiger partial charge in [0, 0.05) is 24.7 Å². The molecule has 1 fully saturated rings. The number of nitrogens with zero attached hydrogens (tertiary/aromatic N) is 3. The van der Waals surface area contributed by atoms with Crippen LogP contribution in [0.25, 0.3) is 0 Å². The summed E-state index contributed by atoms with van der Waals surface area (Å²) in [5.41, 5.74) is 1.39. The van der Waals surface area contributed by atoms with Crippen molar-refractivity contribution in [1.82, 2.24) is 10.2 Å². The number of anilines is 1. The molecule has 0 radical (unpaired) electrons. The first-order valence-electron chi connectivity index (χ1n) is 14.0. The van der Waals surface area contributed by atoms with E-state index in [1.165, 1.54) is 35.2 Å². The Morgan fingerprint density at radius 3 is 2.31 bits per heavy atom. The smallest absolute Gasteiger partial charge is 0.271 e. The maximum atomic E-state index is 14.1. The third-order valence-corrected chi connectivity index (χ3v) is 9.45. The second-order valence-corrected chi connectivity index (χ2v) is 12.4. The van der Waals surface area contributed by atoms with Crippen LogP contribution in [0.4, 0.5) is 11.4 Å². The Balaban J connectivity index is 1.71. The molecule has 1 N–H and O–H groups in total. The molecule has 0 bridgehead atoms. The number of benzene rings is 3. The van der Waals surface area contributed by atoms with E-state index in [1.54, 1.807) is 25.1 Å². The van der Waals surface area contributed by atoms with Gasteiger partial charge in [-0.15, -0.1) is 0 Å². The Kier molecular flexibility index (Phi) is 9.95. The predicted octanol–water partition coefficient (Wildman–Crippen LogP) is 4.96. The first kappa shape index (κ1) is 30.7. The van der Waals surface area contributed by atoms with Crippen LogP contribution >= 0.6 is 0 Å². The summed E-state index contributed by atoms with van der Waals surface area (Å²) in [4.78, 5) is 39.7. The Labute approximate surface area is 246 Å². The van der Waals surface area contributed by atoms with Gasteiger partial charge in [-0.05, 0) is 56.0 Å². The van der Waals surface area contributed by atoms with Gasteiger partial charge in [0.25, 0.3) is 15.7 Å². The number of aryl methyl sites for hydroxylation is 1. The monoisotopic (exact) mass is 592 g/mol. The van der Waals surface area contributed by atoms with E-state index in [0.717, 1.165) is 53.6 Å². The summed E-state index contributed by atoms with van der Waals surface area (Å²) >= 11 is 0. The highest BCUT2D eigenvalue weighted by Crippen LogP contribution is 2.28. The van der Waals surface area contributed by atoms with Crippen molar-refractivity contribution < 1.29 is 22.9 Å². The van der Waals surface area contributed by atoms with E-state index in [-0.39, 0.29) is 34.8 Å². The topological polar surface area (TPSA) is 130 Å². The molecule has 222 valence electrons. The van der Waals surface area contributed by atoms with Gasteiger partial charge in [-0.1, -0.05) is 67.8 Å². The number of nitrogens with one attached hydrogen (secondary N) is 1. The van der Waals surface area contributed by atoms with E-state index >= 15 is 0 Å². The second kappa shape index (κ2) is 13.6. The molecule has 1 saturated carbocycles. The maximum absolute atomic E-state index is 14.1. The summed E-state index contributed by atoms with van der Waals surface area (Å²) in [6.45, 7) is 2.96. The highest BCUT2D eigenvalue weighted by Gasteiger charge is 2.33. The van der Waals surface area contributed by atoms with Gasteiger partial charge in [-0.2, -0.15) is 0 Å². The van der Waals surface area contributed by atoms with Crippen LogP contribution in [0.3, 0.4) is 0 Å². The Hall–Kier alpha value is -4.25. The normalized spacial score (nSPS) is 14.5. The minimum atomic E-state index is -4.31. The number of nitro groups is 1. The third kappa shape index (κ3) is 7.33. The number of rotatable bonds is 11. The summed E-state index contributed by atoms with van der Waals surface area (Å²) in [6, 6.07) is 19.3. The van der Waals surface area contributed by atoms with Crippen LogP contribution in [0, 0.1) is 17.0 Å². The Bertz CT molecular complexity index is 1520. The Morgan fingerprint density at radius 2 is 1.64 bits per heavy atom. The third-order valence-electron chi connectivity index (χ3n) is 7.66. The van der Waals surface area contributed by atoms with E-state index in [4.69, 9.17) is 0 Å². The number of hydrogen-bond donors (Lipinski definition) is 1. The molecule has 10 nitrogen and oxygen atoms in total. The molecular formula is C31H36N4O6S. The molecule has 2 amide bonds. The molecule has 1 aliphatic carbocycles.